The van der Waals surface area contributed by atoms with Gasteiger partial charge >= 0.3 is 0 Å². The molecule has 8 atom stereocenters. The maximum absolute atomic E-state index is 12.9. The topological polar surface area (TPSA) is 172 Å². The van der Waals surface area contributed by atoms with Crippen LogP contribution in [0.2, 0.25) is 0 Å². The normalized spacial score (nSPS) is 24.7. The van der Waals surface area contributed by atoms with Crippen LogP contribution in [-0.4, -0.2) is 123 Å². The van der Waals surface area contributed by atoms with E-state index in [9.17, 15) is 35.4 Å². The van der Waals surface area contributed by atoms with E-state index in [0.717, 1.165) is 51.4 Å². The largest absolute Gasteiger partial charge is 0.394 e. The first kappa shape index (κ1) is 46.3. The van der Waals surface area contributed by atoms with Crippen LogP contribution in [0.5, 0.6) is 0 Å². The van der Waals surface area contributed by atoms with E-state index in [-0.39, 0.29) is 18.9 Å². The van der Waals surface area contributed by atoms with E-state index in [1.54, 1.807) is 0 Å². The molecule has 7 N–H and O–H groups in total. The second-order valence-corrected chi connectivity index (χ2v) is 15.4. The molecular weight excluding hydrogens is 652 g/mol. The Morgan fingerprint density at radius 3 is 1.82 bits per heavy atom. The van der Waals surface area contributed by atoms with Gasteiger partial charge in [-0.1, -0.05) is 129 Å². The summed E-state index contributed by atoms with van der Waals surface area (Å²) in [6, 6.07) is -0.984. The fourth-order valence-electron chi connectivity index (χ4n) is 7.41. The fraction of sp³-hybridized carbons (Fsp3) is 0.975. The van der Waals surface area contributed by atoms with E-state index in [1.165, 1.54) is 116 Å². The number of hydrogen-bond acceptors (Lipinski definition) is 10. The fourth-order valence-corrected chi connectivity index (χ4v) is 7.41. The molecule has 0 radical (unpaired) electrons. The first-order valence-electron chi connectivity index (χ1n) is 21.1. The van der Waals surface area contributed by atoms with Crippen LogP contribution in [0.4, 0.5) is 0 Å². The van der Waals surface area contributed by atoms with E-state index in [2.05, 4.69) is 17.1 Å². The van der Waals surface area contributed by atoms with Crippen LogP contribution >= 0.6 is 0 Å². The van der Waals surface area contributed by atoms with Gasteiger partial charge in [0.25, 0.3) is 0 Å². The lowest BCUT2D eigenvalue weighted by molar-refractivity contribution is -0.303. The highest BCUT2D eigenvalue weighted by molar-refractivity contribution is 5.76. The average Bonchev–Trinajstić information content (AvgIpc) is 3.14. The van der Waals surface area contributed by atoms with Crippen LogP contribution in [0, 0.1) is 0 Å². The van der Waals surface area contributed by atoms with Crippen LogP contribution in [0.15, 0.2) is 0 Å². The van der Waals surface area contributed by atoms with Crippen LogP contribution in [0.1, 0.15) is 167 Å². The van der Waals surface area contributed by atoms with Crippen molar-refractivity contribution in [2.75, 3.05) is 32.8 Å². The Hall–Kier alpha value is -0.890. The highest BCUT2D eigenvalue weighted by Crippen LogP contribution is 2.23. The van der Waals surface area contributed by atoms with Gasteiger partial charge < -0.3 is 50.3 Å². The predicted molar refractivity (Wildman–Crippen MR) is 201 cm³/mol. The number of hydrogen-bond donors (Lipinski definition) is 7. The second-order valence-electron chi connectivity index (χ2n) is 15.4. The molecule has 0 aliphatic carbocycles. The Labute approximate surface area is 309 Å². The zero-order valence-electron chi connectivity index (χ0n) is 32.2. The lowest BCUT2D eigenvalue weighted by Crippen LogP contribution is -2.60. The van der Waals surface area contributed by atoms with Crippen molar-refractivity contribution in [3.05, 3.63) is 0 Å². The van der Waals surface area contributed by atoms with E-state index < -0.39 is 55.6 Å². The molecule has 1 amide bonds. The molecule has 51 heavy (non-hydrogen) atoms. The number of ether oxygens (including phenoxy) is 2. The summed E-state index contributed by atoms with van der Waals surface area (Å²) in [7, 11) is 0. The molecule has 0 saturated carbocycles. The molecule has 0 bridgehead atoms. The number of nitrogens with zero attached hydrogens (tertiary/aromatic N) is 1. The molecule has 2 rings (SSSR count). The Morgan fingerprint density at radius 1 is 0.725 bits per heavy atom. The highest BCUT2D eigenvalue weighted by Gasteiger charge is 2.44. The minimum absolute atomic E-state index is 0.258. The molecule has 2 saturated heterocycles. The zero-order chi connectivity index (χ0) is 37.1. The molecule has 11 heteroatoms. The lowest BCUT2D eigenvalue weighted by atomic mass is 9.98. The van der Waals surface area contributed by atoms with Gasteiger partial charge in [0.2, 0.25) is 5.91 Å². The van der Waals surface area contributed by atoms with Crippen molar-refractivity contribution in [3.8, 4) is 0 Å². The standard InChI is InChI=1S/C40H78N2O9/c1-2-3-4-5-6-7-8-9-10-13-16-20-25-33(44)36(46)32(31-50-40-39(49)38(48)37(47)34(30-43)51-40)41-35(45)26-21-17-14-11-12-15-18-22-27-42-28-23-19-24-29-42/h32-34,36-40,43-44,46-49H,2-31H2,1H3,(H,41,45)/t32-,33+,34?,36-,37?,38?,39?,40?/m0/s1. The summed E-state index contributed by atoms with van der Waals surface area (Å²) in [5.74, 6) is -0.258. The third kappa shape index (κ3) is 20.4. The summed E-state index contributed by atoms with van der Waals surface area (Å²) < 4.78 is 11.1. The number of piperidine rings is 1. The summed E-state index contributed by atoms with van der Waals surface area (Å²) in [6.07, 6.45) is 18.3. The molecule has 11 nitrogen and oxygen atoms in total. The van der Waals surface area contributed by atoms with Gasteiger partial charge in [0.1, 0.15) is 30.5 Å². The van der Waals surface area contributed by atoms with E-state index >= 15 is 0 Å². The Kier molecular flexibility index (Phi) is 26.7. The summed E-state index contributed by atoms with van der Waals surface area (Å²) in [4.78, 5) is 15.5. The maximum Gasteiger partial charge on any atom is 0.220 e. The average molecular weight is 731 g/mol. The number of amides is 1. The SMILES string of the molecule is CCCCCCCCCCCCCC[C@@H](O)[C@@H](O)[C@H](COC1OC(CO)C(O)C(O)C1O)NC(=O)CCCCCCCCCCN1CCCCC1. The number of unbranched alkanes of at least 4 members (excludes halogenated alkanes) is 18. The van der Waals surface area contributed by atoms with Gasteiger partial charge in [-0.25, -0.2) is 0 Å². The summed E-state index contributed by atoms with van der Waals surface area (Å²) in [5, 5.41) is 65.0. The van der Waals surface area contributed by atoms with Gasteiger partial charge in [-0.3, -0.25) is 4.79 Å². The molecule has 5 unspecified atom stereocenters. The number of aliphatic hydroxyl groups is 6. The van der Waals surface area contributed by atoms with E-state index in [0.29, 0.717) is 6.42 Å². The molecular formula is C40H78N2O9. The number of likely N-dealkylation sites (tertiary alicyclic amines) is 1. The van der Waals surface area contributed by atoms with Crippen molar-refractivity contribution < 1.29 is 44.9 Å². The van der Waals surface area contributed by atoms with Gasteiger partial charge in [0.05, 0.1) is 25.4 Å². The molecule has 0 spiro atoms. The van der Waals surface area contributed by atoms with Crippen LogP contribution in [0.25, 0.3) is 0 Å². The van der Waals surface area contributed by atoms with Gasteiger partial charge in [-0.05, 0) is 51.7 Å². The number of carbonyl (C=O) groups is 1. The van der Waals surface area contributed by atoms with Crippen LogP contribution in [-0.2, 0) is 14.3 Å². The highest BCUT2D eigenvalue weighted by atomic mass is 16.7. The molecule has 0 aromatic carbocycles. The Bertz CT molecular complexity index is 832. The van der Waals surface area contributed by atoms with Crippen molar-refractivity contribution in [2.24, 2.45) is 0 Å². The first-order chi connectivity index (χ1) is 24.8. The summed E-state index contributed by atoms with van der Waals surface area (Å²) in [6.45, 7) is 5.10. The quantitative estimate of drug-likeness (QED) is 0.0476. The monoisotopic (exact) mass is 731 g/mol. The van der Waals surface area contributed by atoms with E-state index in [4.69, 9.17) is 9.47 Å². The molecule has 2 aliphatic rings. The van der Waals surface area contributed by atoms with Gasteiger partial charge in [-0.15, -0.1) is 0 Å². The van der Waals surface area contributed by atoms with Gasteiger partial charge in [0.15, 0.2) is 6.29 Å². The Balaban J connectivity index is 1.70. The minimum Gasteiger partial charge on any atom is -0.394 e. The van der Waals surface area contributed by atoms with Crippen molar-refractivity contribution in [1.82, 2.24) is 10.2 Å². The summed E-state index contributed by atoms with van der Waals surface area (Å²) in [5.41, 5.74) is 0. The third-order valence-electron chi connectivity index (χ3n) is 10.9. The molecule has 2 fully saturated rings. The van der Waals surface area contributed by atoms with Crippen molar-refractivity contribution in [3.63, 3.8) is 0 Å². The lowest BCUT2D eigenvalue weighted by Gasteiger charge is -2.40. The molecule has 302 valence electrons. The van der Waals surface area contributed by atoms with Crippen molar-refractivity contribution >= 4 is 5.91 Å². The van der Waals surface area contributed by atoms with Crippen LogP contribution < -0.4 is 5.32 Å². The number of rotatable bonds is 31. The molecule has 2 aliphatic heterocycles. The minimum atomic E-state index is -1.60. The molecule has 2 heterocycles. The molecule has 0 aromatic heterocycles. The first-order valence-corrected chi connectivity index (χ1v) is 21.1. The van der Waals surface area contributed by atoms with Gasteiger partial charge in [0, 0.05) is 6.42 Å². The Morgan fingerprint density at radius 2 is 1.25 bits per heavy atom. The van der Waals surface area contributed by atoms with Crippen molar-refractivity contribution in [2.45, 2.75) is 216 Å². The summed E-state index contributed by atoms with van der Waals surface area (Å²) >= 11 is 0. The molecule has 0 aromatic rings. The van der Waals surface area contributed by atoms with Crippen molar-refractivity contribution in [1.29, 1.82) is 0 Å². The zero-order valence-corrected chi connectivity index (χ0v) is 32.2. The second kappa shape index (κ2) is 29.5. The smallest absolute Gasteiger partial charge is 0.220 e. The maximum atomic E-state index is 12.9. The van der Waals surface area contributed by atoms with Crippen LogP contribution in [0.3, 0.4) is 0 Å². The van der Waals surface area contributed by atoms with Gasteiger partial charge in [-0.2, -0.15) is 0 Å². The number of aliphatic hydroxyl groups excluding tert-OH is 6. The predicted octanol–water partition coefficient (Wildman–Crippen LogP) is 5.10. The third-order valence-corrected chi connectivity index (χ3v) is 10.9. The number of nitrogens with one attached hydrogen (secondary N) is 1. The number of carbonyl (C=O) groups excluding carboxylic acids is 1. The van der Waals surface area contributed by atoms with E-state index in [1.807, 2.05) is 0 Å².